The number of nitrogens with one attached hydrogen (secondary N) is 1. The van der Waals surface area contributed by atoms with Crippen LogP contribution in [0.2, 0.25) is 0 Å². The maximum Gasteiger partial charge on any atom is 0.209 e. The molecule has 3 rings (SSSR count). The molecular formula is C13H14N4O. The predicted molar refractivity (Wildman–Crippen MR) is 67.9 cm³/mol. The Morgan fingerprint density at radius 1 is 1.22 bits per heavy atom. The van der Waals surface area contributed by atoms with Gasteiger partial charge in [-0.3, -0.25) is 4.68 Å². The first-order chi connectivity index (χ1) is 8.92. The molecule has 1 aromatic carbocycles. The minimum Gasteiger partial charge on any atom is -0.439 e. The molecule has 0 bridgehead atoms. The summed E-state index contributed by atoms with van der Waals surface area (Å²) in [4.78, 5) is 4.40. The normalized spacial score (nSPS) is 11.1. The van der Waals surface area contributed by atoms with Crippen molar-refractivity contribution in [3.05, 3.63) is 48.6 Å². The summed E-state index contributed by atoms with van der Waals surface area (Å²) in [6.07, 6.45) is 3.72. The van der Waals surface area contributed by atoms with Gasteiger partial charge in [0.05, 0.1) is 13.1 Å². The van der Waals surface area contributed by atoms with Crippen LogP contribution in [-0.4, -0.2) is 21.3 Å². The number of aromatic nitrogens is 3. The van der Waals surface area contributed by atoms with Crippen LogP contribution in [-0.2, 0) is 13.1 Å². The molecule has 0 aliphatic rings. The van der Waals surface area contributed by atoms with Gasteiger partial charge >= 0.3 is 0 Å². The van der Waals surface area contributed by atoms with Crippen molar-refractivity contribution in [1.82, 2.24) is 20.1 Å². The molecule has 0 atom stereocenters. The minimum atomic E-state index is 0.635. The molecule has 0 fully saturated rings. The van der Waals surface area contributed by atoms with Crippen LogP contribution < -0.4 is 5.32 Å². The van der Waals surface area contributed by atoms with E-state index < -0.39 is 0 Å². The Morgan fingerprint density at radius 3 is 3.00 bits per heavy atom. The second-order valence-corrected chi connectivity index (χ2v) is 4.02. The number of nitrogens with zero attached hydrogens (tertiary/aromatic N) is 3. The highest BCUT2D eigenvalue weighted by Crippen LogP contribution is 2.14. The fraction of sp³-hybridized carbons (Fsp3) is 0.231. The Kier molecular flexibility index (Phi) is 3.06. The van der Waals surface area contributed by atoms with Crippen LogP contribution >= 0.6 is 0 Å². The fourth-order valence-electron chi connectivity index (χ4n) is 1.82. The summed E-state index contributed by atoms with van der Waals surface area (Å²) in [5.74, 6) is 0.719. The molecule has 1 N–H and O–H groups in total. The van der Waals surface area contributed by atoms with Gasteiger partial charge in [-0.2, -0.15) is 5.10 Å². The third-order valence-corrected chi connectivity index (χ3v) is 2.69. The maximum atomic E-state index is 5.61. The number of rotatable bonds is 5. The summed E-state index contributed by atoms with van der Waals surface area (Å²) in [6.45, 7) is 2.31. The number of hydrogen-bond donors (Lipinski definition) is 1. The van der Waals surface area contributed by atoms with E-state index >= 15 is 0 Å². The molecule has 0 radical (unpaired) electrons. The van der Waals surface area contributed by atoms with Crippen LogP contribution in [0.5, 0.6) is 0 Å². The van der Waals surface area contributed by atoms with Crippen LogP contribution in [0.3, 0.4) is 0 Å². The molecule has 0 unspecified atom stereocenters. The molecule has 3 aromatic rings. The third kappa shape index (κ3) is 2.41. The highest BCUT2D eigenvalue weighted by atomic mass is 16.3. The van der Waals surface area contributed by atoms with Crippen molar-refractivity contribution in [3.63, 3.8) is 0 Å². The quantitative estimate of drug-likeness (QED) is 0.693. The smallest absolute Gasteiger partial charge is 0.209 e. The summed E-state index contributed by atoms with van der Waals surface area (Å²) in [5, 5.41) is 7.42. The van der Waals surface area contributed by atoms with E-state index in [9.17, 15) is 0 Å². The Labute approximate surface area is 104 Å². The summed E-state index contributed by atoms with van der Waals surface area (Å²) in [7, 11) is 0. The minimum absolute atomic E-state index is 0.635. The second kappa shape index (κ2) is 5.01. The average Bonchev–Trinajstić information content (AvgIpc) is 3.03. The monoisotopic (exact) mass is 242 g/mol. The molecule has 2 aromatic heterocycles. The lowest BCUT2D eigenvalue weighted by Crippen LogP contribution is -2.19. The fourth-order valence-corrected chi connectivity index (χ4v) is 1.82. The molecule has 0 saturated carbocycles. The first-order valence-electron chi connectivity index (χ1n) is 5.94. The standard InChI is InChI=1S/C13H14N4O/c1-2-5-12-11(4-1)16-13(18-12)10-14-7-9-17-8-3-6-15-17/h1-6,8,14H,7,9-10H2. The van der Waals surface area contributed by atoms with Crippen molar-refractivity contribution in [1.29, 1.82) is 0 Å². The van der Waals surface area contributed by atoms with E-state index in [2.05, 4.69) is 15.4 Å². The van der Waals surface area contributed by atoms with Gasteiger partial charge in [-0.25, -0.2) is 4.98 Å². The van der Waals surface area contributed by atoms with E-state index in [0.717, 1.165) is 30.1 Å². The van der Waals surface area contributed by atoms with Gasteiger partial charge < -0.3 is 9.73 Å². The molecule has 18 heavy (non-hydrogen) atoms. The molecule has 92 valence electrons. The summed E-state index contributed by atoms with van der Waals surface area (Å²) < 4.78 is 7.50. The lowest BCUT2D eigenvalue weighted by molar-refractivity contribution is 0.478. The summed E-state index contributed by atoms with van der Waals surface area (Å²) in [6, 6.07) is 9.70. The molecular weight excluding hydrogens is 228 g/mol. The zero-order valence-electron chi connectivity index (χ0n) is 9.91. The van der Waals surface area contributed by atoms with Gasteiger partial charge in [0.1, 0.15) is 5.52 Å². The van der Waals surface area contributed by atoms with E-state index in [-0.39, 0.29) is 0 Å². The van der Waals surface area contributed by atoms with E-state index in [1.807, 2.05) is 41.2 Å². The van der Waals surface area contributed by atoms with Crippen molar-refractivity contribution >= 4 is 11.1 Å². The highest BCUT2D eigenvalue weighted by Gasteiger charge is 2.03. The molecule has 0 spiro atoms. The molecule has 5 nitrogen and oxygen atoms in total. The van der Waals surface area contributed by atoms with Crippen LogP contribution in [0.25, 0.3) is 11.1 Å². The maximum absolute atomic E-state index is 5.61. The molecule has 0 aliphatic carbocycles. The van der Waals surface area contributed by atoms with Gasteiger partial charge in [-0.15, -0.1) is 0 Å². The molecule has 2 heterocycles. The summed E-state index contributed by atoms with van der Waals surface area (Å²) in [5.41, 5.74) is 1.74. The Bertz CT molecular complexity index is 582. The molecule has 0 amide bonds. The van der Waals surface area contributed by atoms with Crippen molar-refractivity contribution in [2.24, 2.45) is 0 Å². The Hall–Kier alpha value is -2.14. The Balaban J connectivity index is 1.53. The summed E-state index contributed by atoms with van der Waals surface area (Å²) >= 11 is 0. The van der Waals surface area contributed by atoms with Crippen molar-refractivity contribution in [2.75, 3.05) is 6.54 Å². The van der Waals surface area contributed by atoms with Crippen LogP contribution in [0.4, 0.5) is 0 Å². The number of oxazole rings is 1. The zero-order valence-corrected chi connectivity index (χ0v) is 9.91. The number of hydrogen-bond acceptors (Lipinski definition) is 4. The largest absolute Gasteiger partial charge is 0.439 e. The average molecular weight is 242 g/mol. The topological polar surface area (TPSA) is 55.9 Å². The third-order valence-electron chi connectivity index (χ3n) is 2.69. The second-order valence-electron chi connectivity index (χ2n) is 4.02. The Morgan fingerprint density at radius 2 is 2.17 bits per heavy atom. The van der Waals surface area contributed by atoms with Gasteiger partial charge in [-0.1, -0.05) is 12.1 Å². The number of benzene rings is 1. The van der Waals surface area contributed by atoms with Gasteiger partial charge in [0.25, 0.3) is 0 Å². The number of fused-ring (bicyclic) bond motifs is 1. The van der Waals surface area contributed by atoms with Gasteiger partial charge in [-0.05, 0) is 18.2 Å². The van der Waals surface area contributed by atoms with E-state index in [1.165, 1.54) is 0 Å². The van der Waals surface area contributed by atoms with E-state index in [1.54, 1.807) is 6.20 Å². The molecule has 0 saturated heterocycles. The van der Waals surface area contributed by atoms with Crippen LogP contribution in [0, 0.1) is 0 Å². The van der Waals surface area contributed by atoms with Crippen LogP contribution in [0.15, 0.2) is 47.1 Å². The lowest BCUT2D eigenvalue weighted by Gasteiger charge is -2.01. The van der Waals surface area contributed by atoms with Gasteiger partial charge in [0.15, 0.2) is 5.58 Å². The van der Waals surface area contributed by atoms with Gasteiger partial charge in [0, 0.05) is 18.9 Å². The lowest BCUT2D eigenvalue weighted by atomic mass is 10.3. The van der Waals surface area contributed by atoms with Gasteiger partial charge in [0.2, 0.25) is 5.89 Å². The number of para-hydroxylation sites is 2. The molecule has 0 aliphatic heterocycles. The van der Waals surface area contributed by atoms with Crippen molar-refractivity contribution in [2.45, 2.75) is 13.1 Å². The van der Waals surface area contributed by atoms with Crippen molar-refractivity contribution in [3.8, 4) is 0 Å². The first-order valence-corrected chi connectivity index (χ1v) is 5.94. The highest BCUT2D eigenvalue weighted by molar-refractivity contribution is 5.72. The van der Waals surface area contributed by atoms with E-state index in [4.69, 9.17) is 4.42 Å². The SMILES string of the molecule is c1ccc2oc(CNCCn3cccn3)nc2c1. The van der Waals surface area contributed by atoms with E-state index in [0.29, 0.717) is 6.54 Å². The zero-order chi connectivity index (χ0) is 12.2. The van der Waals surface area contributed by atoms with Crippen LogP contribution in [0.1, 0.15) is 5.89 Å². The van der Waals surface area contributed by atoms with Crippen molar-refractivity contribution < 1.29 is 4.42 Å². The predicted octanol–water partition coefficient (Wildman–Crippen LogP) is 1.81. The molecule has 5 heteroatoms. The first kappa shape index (κ1) is 11.0.